The molecular formula is C21H21N3O5S2. The molecule has 0 fully saturated rings. The number of benzene rings is 2. The first-order valence-corrected chi connectivity index (χ1v) is 12.0. The fourth-order valence-electron chi connectivity index (χ4n) is 3.13. The van der Waals surface area contributed by atoms with Crippen molar-refractivity contribution in [2.75, 3.05) is 20.8 Å². The molecule has 2 heterocycles. The molecule has 0 aliphatic carbocycles. The van der Waals surface area contributed by atoms with E-state index in [2.05, 4.69) is 14.9 Å². The van der Waals surface area contributed by atoms with Crippen LogP contribution in [0.5, 0.6) is 11.5 Å². The second kappa shape index (κ2) is 9.04. The SMILES string of the molecule is COc1ccc(-c2nc(CCNS(=O)(=O)Cc3noc4ccccc34)cs2)cc1OC. The molecule has 0 aliphatic heterocycles. The third kappa shape index (κ3) is 4.87. The van der Waals surface area contributed by atoms with Crippen molar-refractivity contribution in [3.05, 3.63) is 59.2 Å². The molecule has 162 valence electrons. The fourth-order valence-corrected chi connectivity index (χ4v) is 5.07. The summed E-state index contributed by atoms with van der Waals surface area (Å²) in [6, 6.07) is 12.8. The van der Waals surface area contributed by atoms with E-state index in [0.29, 0.717) is 34.6 Å². The van der Waals surface area contributed by atoms with Crippen LogP contribution in [-0.4, -0.2) is 39.3 Å². The minimum absolute atomic E-state index is 0.238. The predicted octanol–water partition coefficient (Wildman–Crippen LogP) is 3.63. The number of nitrogens with zero attached hydrogens (tertiary/aromatic N) is 2. The van der Waals surface area contributed by atoms with Crippen molar-refractivity contribution in [2.45, 2.75) is 12.2 Å². The van der Waals surface area contributed by atoms with E-state index in [1.807, 2.05) is 35.7 Å². The Morgan fingerprint density at radius 1 is 1.10 bits per heavy atom. The highest BCUT2D eigenvalue weighted by Gasteiger charge is 2.17. The Morgan fingerprint density at radius 3 is 2.71 bits per heavy atom. The Balaban J connectivity index is 1.37. The number of fused-ring (bicyclic) bond motifs is 1. The molecule has 1 N–H and O–H groups in total. The van der Waals surface area contributed by atoms with Gasteiger partial charge in [-0.05, 0) is 30.3 Å². The zero-order valence-electron chi connectivity index (χ0n) is 17.0. The molecule has 2 aromatic heterocycles. The molecule has 0 bridgehead atoms. The molecule has 0 atom stereocenters. The van der Waals surface area contributed by atoms with Crippen molar-refractivity contribution in [1.82, 2.24) is 14.9 Å². The monoisotopic (exact) mass is 459 g/mol. The molecule has 0 unspecified atom stereocenters. The van der Waals surface area contributed by atoms with Crippen LogP contribution in [0.15, 0.2) is 52.4 Å². The molecule has 10 heteroatoms. The lowest BCUT2D eigenvalue weighted by Crippen LogP contribution is -2.27. The van der Waals surface area contributed by atoms with Crippen molar-refractivity contribution >= 4 is 32.3 Å². The first-order valence-electron chi connectivity index (χ1n) is 9.46. The van der Waals surface area contributed by atoms with E-state index >= 15 is 0 Å². The summed E-state index contributed by atoms with van der Waals surface area (Å²) >= 11 is 1.49. The van der Waals surface area contributed by atoms with Gasteiger partial charge in [0.05, 0.1) is 19.9 Å². The molecule has 2 aromatic carbocycles. The maximum atomic E-state index is 12.5. The summed E-state index contributed by atoms with van der Waals surface area (Å²) in [6.07, 6.45) is 0.475. The van der Waals surface area contributed by atoms with Crippen LogP contribution in [0.25, 0.3) is 21.5 Å². The quantitative estimate of drug-likeness (QED) is 0.408. The lowest BCUT2D eigenvalue weighted by Gasteiger charge is -2.08. The predicted molar refractivity (Wildman–Crippen MR) is 119 cm³/mol. The van der Waals surface area contributed by atoms with Gasteiger partial charge in [0.25, 0.3) is 0 Å². The van der Waals surface area contributed by atoms with Crippen molar-refractivity contribution in [1.29, 1.82) is 0 Å². The molecule has 0 aliphatic rings. The fraction of sp³-hybridized carbons (Fsp3) is 0.238. The molecule has 0 spiro atoms. The smallest absolute Gasteiger partial charge is 0.217 e. The van der Waals surface area contributed by atoms with E-state index in [0.717, 1.165) is 16.3 Å². The largest absolute Gasteiger partial charge is 0.493 e. The van der Waals surface area contributed by atoms with Crippen LogP contribution in [0, 0.1) is 0 Å². The second-order valence-corrected chi connectivity index (χ2v) is 9.41. The van der Waals surface area contributed by atoms with E-state index in [1.165, 1.54) is 11.3 Å². The molecular weight excluding hydrogens is 438 g/mol. The van der Waals surface area contributed by atoms with Gasteiger partial charge in [-0.25, -0.2) is 18.1 Å². The lowest BCUT2D eigenvalue weighted by molar-refractivity contribution is 0.355. The molecule has 4 rings (SSSR count). The van der Waals surface area contributed by atoms with Crippen LogP contribution in [0.2, 0.25) is 0 Å². The Labute approximate surface area is 183 Å². The normalized spacial score (nSPS) is 11.7. The van der Waals surface area contributed by atoms with Crippen molar-refractivity contribution in [3.63, 3.8) is 0 Å². The number of para-hydroxylation sites is 1. The van der Waals surface area contributed by atoms with Crippen LogP contribution in [0.1, 0.15) is 11.4 Å². The minimum Gasteiger partial charge on any atom is -0.493 e. The summed E-state index contributed by atoms with van der Waals surface area (Å²) in [7, 11) is -0.381. The highest BCUT2D eigenvalue weighted by atomic mass is 32.2. The first kappa shape index (κ1) is 21.3. The number of hydrogen-bond acceptors (Lipinski definition) is 8. The van der Waals surface area contributed by atoms with Gasteiger partial charge in [-0.3, -0.25) is 0 Å². The molecule has 0 saturated heterocycles. The minimum atomic E-state index is -3.56. The molecule has 31 heavy (non-hydrogen) atoms. The first-order chi connectivity index (χ1) is 15.0. The standard InChI is InChI=1S/C21H21N3O5S2/c1-27-19-8-7-14(11-20(19)28-2)21-23-15(12-30-21)9-10-22-31(25,26)13-17-16-5-3-4-6-18(16)29-24-17/h3-8,11-12,22H,9-10,13H2,1-2H3. The van der Waals surface area contributed by atoms with Crippen molar-refractivity contribution in [3.8, 4) is 22.1 Å². The van der Waals surface area contributed by atoms with Gasteiger partial charge in [-0.2, -0.15) is 0 Å². The van der Waals surface area contributed by atoms with Gasteiger partial charge in [0.2, 0.25) is 10.0 Å². The van der Waals surface area contributed by atoms with Crippen LogP contribution >= 0.6 is 11.3 Å². The summed E-state index contributed by atoms with van der Waals surface area (Å²) in [5.74, 6) is 1.04. The van der Waals surface area contributed by atoms with E-state index < -0.39 is 10.0 Å². The highest BCUT2D eigenvalue weighted by Crippen LogP contribution is 2.33. The molecule has 0 radical (unpaired) electrons. The molecule has 4 aromatic rings. The molecule has 0 saturated carbocycles. The number of hydrogen-bond donors (Lipinski definition) is 1. The summed E-state index contributed by atoms with van der Waals surface area (Å²) in [5, 5.41) is 7.34. The van der Waals surface area contributed by atoms with Gasteiger partial charge in [0.1, 0.15) is 16.5 Å². The number of ether oxygens (including phenoxy) is 2. The number of thiazole rings is 1. The van der Waals surface area contributed by atoms with Crippen LogP contribution in [0.4, 0.5) is 0 Å². The topological polar surface area (TPSA) is 104 Å². The van der Waals surface area contributed by atoms with Gasteiger partial charge in [-0.1, -0.05) is 17.3 Å². The Bertz CT molecular complexity index is 1300. The van der Waals surface area contributed by atoms with Gasteiger partial charge in [0, 0.05) is 29.3 Å². The van der Waals surface area contributed by atoms with Crippen LogP contribution in [0.3, 0.4) is 0 Å². The van der Waals surface area contributed by atoms with Gasteiger partial charge >= 0.3 is 0 Å². The summed E-state index contributed by atoms with van der Waals surface area (Å²) in [5.41, 5.74) is 2.68. The molecule has 8 nitrogen and oxygen atoms in total. The third-order valence-corrected chi connectivity index (χ3v) is 6.90. The summed E-state index contributed by atoms with van der Waals surface area (Å²) in [6.45, 7) is 0.243. The van der Waals surface area contributed by atoms with Gasteiger partial charge in [0.15, 0.2) is 17.1 Å². The zero-order chi connectivity index (χ0) is 21.8. The second-order valence-electron chi connectivity index (χ2n) is 6.74. The number of methoxy groups -OCH3 is 2. The Hall–Kier alpha value is -2.95. The van der Waals surface area contributed by atoms with Crippen LogP contribution < -0.4 is 14.2 Å². The maximum absolute atomic E-state index is 12.5. The van der Waals surface area contributed by atoms with Crippen LogP contribution in [-0.2, 0) is 22.2 Å². The van der Waals surface area contributed by atoms with Crippen molar-refractivity contribution in [2.24, 2.45) is 0 Å². The van der Waals surface area contributed by atoms with E-state index in [4.69, 9.17) is 14.0 Å². The summed E-state index contributed by atoms with van der Waals surface area (Å²) in [4.78, 5) is 4.61. The van der Waals surface area contributed by atoms with Gasteiger partial charge in [-0.15, -0.1) is 11.3 Å². The number of aromatic nitrogens is 2. The van der Waals surface area contributed by atoms with Crippen molar-refractivity contribution < 1.29 is 22.4 Å². The number of rotatable bonds is 9. The average Bonchev–Trinajstić information content (AvgIpc) is 3.40. The van der Waals surface area contributed by atoms with E-state index in [1.54, 1.807) is 26.4 Å². The number of sulfonamides is 1. The van der Waals surface area contributed by atoms with E-state index in [-0.39, 0.29) is 12.3 Å². The lowest BCUT2D eigenvalue weighted by atomic mass is 10.2. The maximum Gasteiger partial charge on any atom is 0.217 e. The molecule has 0 amide bonds. The summed E-state index contributed by atoms with van der Waals surface area (Å²) < 4.78 is 43.3. The van der Waals surface area contributed by atoms with E-state index in [9.17, 15) is 8.42 Å². The average molecular weight is 460 g/mol. The zero-order valence-corrected chi connectivity index (χ0v) is 18.6. The highest BCUT2D eigenvalue weighted by molar-refractivity contribution is 7.88. The Morgan fingerprint density at radius 2 is 1.90 bits per heavy atom. The van der Waals surface area contributed by atoms with Gasteiger partial charge < -0.3 is 14.0 Å². The Kier molecular flexibility index (Phi) is 6.21. The third-order valence-electron chi connectivity index (χ3n) is 4.66. The number of nitrogens with one attached hydrogen (secondary N) is 1.